The Balaban J connectivity index is 2.82. The van der Waals surface area contributed by atoms with Gasteiger partial charge < -0.3 is 5.32 Å². The molecule has 1 nitrogen and oxygen atoms in total. The van der Waals surface area contributed by atoms with Crippen LogP contribution in [0, 0.1) is 18.2 Å². The first kappa shape index (κ1) is 14.2. The van der Waals surface area contributed by atoms with E-state index in [4.69, 9.17) is 6.42 Å². The summed E-state index contributed by atoms with van der Waals surface area (Å²) >= 11 is 3.30. The van der Waals surface area contributed by atoms with Crippen LogP contribution in [0.5, 0.6) is 0 Å². The number of halogens is 2. The van der Waals surface area contributed by atoms with Crippen LogP contribution in [0.4, 0.5) is 4.39 Å². The highest BCUT2D eigenvalue weighted by Crippen LogP contribution is 2.28. The van der Waals surface area contributed by atoms with E-state index >= 15 is 0 Å². The number of hydrogen-bond donors (Lipinski definition) is 1. The largest absolute Gasteiger partial charge is 0.310 e. The van der Waals surface area contributed by atoms with Gasteiger partial charge >= 0.3 is 0 Å². The van der Waals surface area contributed by atoms with Crippen molar-refractivity contribution in [2.75, 3.05) is 6.54 Å². The van der Waals surface area contributed by atoms with E-state index in [2.05, 4.69) is 27.2 Å². The van der Waals surface area contributed by atoms with Crippen LogP contribution in [0.3, 0.4) is 0 Å². The molecule has 0 radical (unpaired) electrons. The molecule has 0 aromatic heterocycles. The lowest BCUT2D eigenvalue weighted by molar-refractivity contribution is 0.495. The van der Waals surface area contributed by atoms with Crippen LogP contribution in [0.2, 0.25) is 0 Å². The Bertz CT molecular complexity index is 398. The number of rotatable bonds is 6. The van der Waals surface area contributed by atoms with Gasteiger partial charge in [-0.15, -0.1) is 12.3 Å². The average molecular weight is 298 g/mol. The SMILES string of the molecule is C#CCCCC(NCC)c1cccc(F)c1Br. The highest BCUT2D eigenvalue weighted by atomic mass is 79.9. The maximum Gasteiger partial charge on any atom is 0.137 e. The fourth-order valence-corrected chi connectivity index (χ4v) is 2.35. The maximum atomic E-state index is 13.5. The summed E-state index contributed by atoms with van der Waals surface area (Å²) in [6.45, 7) is 2.89. The van der Waals surface area contributed by atoms with Crippen LogP contribution in [-0.2, 0) is 0 Å². The number of benzene rings is 1. The third-order valence-corrected chi connectivity index (χ3v) is 3.46. The fraction of sp³-hybridized carbons (Fsp3) is 0.429. The first-order valence-electron chi connectivity index (χ1n) is 5.81. The molecule has 1 N–H and O–H groups in total. The molecule has 3 heteroatoms. The molecule has 0 aliphatic carbocycles. The van der Waals surface area contributed by atoms with Crippen molar-refractivity contribution < 1.29 is 4.39 Å². The van der Waals surface area contributed by atoms with Crippen molar-refractivity contribution >= 4 is 15.9 Å². The zero-order valence-corrected chi connectivity index (χ0v) is 11.6. The molecule has 1 unspecified atom stereocenters. The lowest BCUT2D eigenvalue weighted by Gasteiger charge is -2.19. The van der Waals surface area contributed by atoms with Crippen LogP contribution in [0.15, 0.2) is 22.7 Å². The minimum Gasteiger partial charge on any atom is -0.310 e. The Hall–Kier alpha value is -0.850. The molecule has 92 valence electrons. The number of unbranched alkanes of at least 4 members (excludes halogenated alkanes) is 1. The molecule has 17 heavy (non-hydrogen) atoms. The average Bonchev–Trinajstić information content (AvgIpc) is 2.32. The molecule has 0 spiro atoms. The van der Waals surface area contributed by atoms with Gasteiger partial charge in [-0.05, 0) is 46.9 Å². The van der Waals surface area contributed by atoms with Crippen LogP contribution >= 0.6 is 15.9 Å². The van der Waals surface area contributed by atoms with Crippen LogP contribution in [0.1, 0.15) is 37.8 Å². The zero-order valence-electron chi connectivity index (χ0n) is 9.97. The van der Waals surface area contributed by atoms with Gasteiger partial charge in [-0.25, -0.2) is 4.39 Å². The van der Waals surface area contributed by atoms with Crippen molar-refractivity contribution in [3.05, 3.63) is 34.1 Å². The van der Waals surface area contributed by atoms with Gasteiger partial charge in [0, 0.05) is 12.5 Å². The predicted octanol–water partition coefficient (Wildman–Crippen LogP) is 4.04. The summed E-state index contributed by atoms with van der Waals surface area (Å²) in [7, 11) is 0. The molecule has 0 heterocycles. The molecule has 0 aliphatic heterocycles. The third kappa shape index (κ3) is 4.14. The van der Waals surface area contributed by atoms with Crippen molar-refractivity contribution in [2.24, 2.45) is 0 Å². The van der Waals surface area contributed by atoms with Gasteiger partial charge in [0.2, 0.25) is 0 Å². The summed E-state index contributed by atoms with van der Waals surface area (Å²) in [6, 6.07) is 5.29. The van der Waals surface area contributed by atoms with Gasteiger partial charge in [0.05, 0.1) is 4.47 Å². The van der Waals surface area contributed by atoms with Crippen molar-refractivity contribution in [2.45, 2.75) is 32.2 Å². The number of hydrogen-bond acceptors (Lipinski definition) is 1. The standard InChI is InChI=1S/C14H17BrFN/c1-3-5-6-10-13(17-4-2)11-8-7-9-12(16)14(11)15/h1,7-9,13,17H,4-6,10H2,2H3. The van der Waals surface area contributed by atoms with Crippen LogP contribution < -0.4 is 5.32 Å². The topological polar surface area (TPSA) is 12.0 Å². The lowest BCUT2D eigenvalue weighted by Crippen LogP contribution is -2.21. The Labute approximate surface area is 111 Å². The summed E-state index contributed by atoms with van der Waals surface area (Å²) < 4.78 is 14.0. The van der Waals surface area contributed by atoms with E-state index in [1.165, 1.54) is 6.07 Å². The van der Waals surface area contributed by atoms with E-state index in [-0.39, 0.29) is 11.9 Å². The molecule has 0 amide bonds. The van der Waals surface area contributed by atoms with Gasteiger partial charge in [0.15, 0.2) is 0 Å². The van der Waals surface area contributed by atoms with E-state index in [9.17, 15) is 4.39 Å². The van der Waals surface area contributed by atoms with Crippen molar-refractivity contribution in [1.29, 1.82) is 0 Å². The normalized spacial score (nSPS) is 12.1. The first-order valence-corrected chi connectivity index (χ1v) is 6.60. The zero-order chi connectivity index (χ0) is 12.7. The predicted molar refractivity (Wildman–Crippen MR) is 73.2 cm³/mol. The lowest BCUT2D eigenvalue weighted by atomic mass is 10.0. The van der Waals surface area contributed by atoms with Gasteiger partial charge in [-0.1, -0.05) is 19.1 Å². The molecule has 0 aliphatic rings. The molecular weight excluding hydrogens is 281 g/mol. The van der Waals surface area contributed by atoms with Gasteiger partial charge in [0.25, 0.3) is 0 Å². The molecule has 1 aromatic rings. The van der Waals surface area contributed by atoms with E-state index in [1.54, 1.807) is 6.07 Å². The second-order valence-corrected chi connectivity index (χ2v) is 4.64. The molecule has 0 saturated heterocycles. The van der Waals surface area contributed by atoms with E-state index in [0.29, 0.717) is 4.47 Å². The van der Waals surface area contributed by atoms with Gasteiger partial charge in [-0.3, -0.25) is 0 Å². The minimum atomic E-state index is -0.220. The first-order chi connectivity index (χ1) is 8.20. The van der Waals surface area contributed by atoms with Crippen LogP contribution in [-0.4, -0.2) is 6.54 Å². The number of nitrogens with one attached hydrogen (secondary N) is 1. The summed E-state index contributed by atoms with van der Waals surface area (Å²) in [5, 5.41) is 3.36. The van der Waals surface area contributed by atoms with Crippen molar-refractivity contribution in [3.8, 4) is 12.3 Å². The summed E-state index contributed by atoms with van der Waals surface area (Å²) in [6.07, 6.45) is 7.86. The monoisotopic (exact) mass is 297 g/mol. The second kappa shape index (κ2) is 7.47. The number of terminal acetylenes is 1. The second-order valence-electron chi connectivity index (χ2n) is 3.85. The third-order valence-electron chi connectivity index (χ3n) is 2.62. The van der Waals surface area contributed by atoms with Crippen molar-refractivity contribution in [3.63, 3.8) is 0 Å². The highest BCUT2D eigenvalue weighted by Gasteiger charge is 2.15. The summed E-state index contributed by atoms with van der Waals surface area (Å²) in [4.78, 5) is 0. The molecule has 1 atom stereocenters. The van der Waals surface area contributed by atoms with E-state index in [0.717, 1.165) is 31.4 Å². The molecule has 0 bridgehead atoms. The Morgan fingerprint density at radius 1 is 1.53 bits per heavy atom. The fourth-order valence-electron chi connectivity index (χ4n) is 1.81. The minimum absolute atomic E-state index is 0.151. The molecule has 1 rings (SSSR count). The molecule has 0 fully saturated rings. The maximum absolute atomic E-state index is 13.5. The van der Waals surface area contributed by atoms with Crippen molar-refractivity contribution in [1.82, 2.24) is 5.32 Å². The highest BCUT2D eigenvalue weighted by molar-refractivity contribution is 9.10. The summed E-state index contributed by atoms with van der Waals surface area (Å²) in [5.41, 5.74) is 0.962. The van der Waals surface area contributed by atoms with Crippen LogP contribution in [0.25, 0.3) is 0 Å². The molecule has 0 saturated carbocycles. The Morgan fingerprint density at radius 2 is 2.29 bits per heavy atom. The van der Waals surface area contributed by atoms with E-state index < -0.39 is 0 Å². The summed E-state index contributed by atoms with van der Waals surface area (Å²) in [5.74, 6) is 2.41. The Morgan fingerprint density at radius 3 is 2.94 bits per heavy atom. The molecular formula is C14H17BrFN. The molecule has 1 aromatic carbocycles. The quantitative estimate of drug-likeness (QED) is 0.617. The van der Waals surface area contributed by atoms with Gasteiger partial charge in [0.1, 0.15) is 5.82 Å². The Kier molecular flexibility index (Phi) is 6.25. The van der Waals surface area contributed by atoms with Gasteiger partial charge in [-0.2, -0.15) is 0 Å². The smallest absolute Gasteiger partial charge is 0.137 e. The van der Waals surface area contributed by atoms with E-state index in [1.807, 2.05) is 13.0 Å².